The lowest BCUT2D eigenvalue weighted by Gasteiger charge is -2.16. The molecule has 0 saturated carbocycles. The molecule has 0 fully saturated rings. The predicted octanol–water partition coefficient (Wildman–Crippen LogP) is 1.13. The van der Waals surface area contributed by atoms with E-state index in [2.05, 4.69) is 10.2 Å². The summed E-state index contributed by atoms with van der Waals surface area (Å²) in [5, 5.41) is 7.59. The highest BCUT2D eigenvalue weighted by Gasteiger charge is 2.21. The van der Waals surface area contributed by atoms with Crippen molar-refractivity contribution in [1.82, 2.24) is 14.8 Å². The van der Waals surface area contributed by atoms with Crippen molar-refractivity contribution in [2.75, 3.05) is 0 Å². The van der Waals surface area contributed by atoms with E-state index in [1.165, 1.54) is 4.57 Å². The molecule has 1 rings (SSSR count). The molecule has 0 aliphatic rings. The van der Waals surface area contributed by atoms with Gasteiger partial charge in [0.1, 0.15) is 5.69 Å². The molecule has 0 aliphatic carbocycles. The van der Waals surface area contributed by atoms with E-state index in [1.807, 2.05) is 20.8 Å². The highest BCUT2D eigenvalue weighted by molar-refractivity contribution is 6.28. The zero-order valence-electron chi connectivity index (χ0n) is 8.13. The average Bonchev–Trinajstić information content (AvgIpc) is 1.98. The second-order valence-electron chi connectivity index (χ2n) is 3.93. The second-order valence-corrected chi connectivity index (χ2v) is 4.27. The zero-order chi connectivity index (χ0) is 10.2. The van der Waals surface area contributed by atoms with Gasteiger partial charge in [-0.05, 0) is 11.6 Å². The summed E-state index contributed by atoms with van der Waals surface area (Å²) in [7, 11) is 1.58. The van der Waals surface area contributed by atoms with Crippen LogP contribution in [0.5, 0.6) is 0 Å². The van der Waals surface area contributed by atoms with Gasteiger partial charge in [0.2, 0.25) is 5.28 Å². The molecule has 0 atom stereocenters. The Morgan fingerprint density at radius 2 is 1.85 bits per heavy atom. The van der Waals surface area contributed by atoms with Crippen LogP contribution in [-0.4, -0.2) is 14.8 Å². The first-order chi connectivity index (χ1) is 5.84. The smallest absolute Gasteiger partial charge is 0.276 e. The Hall–Kier alpha value is -0.900. The summed E-state index contributed by atoms with van der Waals surface area (Å²) >= 11 is 5.63. The van der Waals surface area contributed by atoms with Crippen LogP contribution in [0.1, 0.15) is 26.5 Å². The highest BCUT2D eigenvalue weighted by Crippen LogP contribution is 2.15. The number of aromatic nitrogens is 3. The molecule has 0 spiro atoms. The van der Waals surface area contributed by atoms with Gasteiger partial charge in [-0.2, -0.15) is 0 Å². The van der Waals surface area contributed by atoms with Gasteiger partial charge >= 0.3 is 0 Å². The second kappa shape index (κ2) is 3.10. The predicted molar refractivity (Wildman–Crippen MR) is 51.0 cm³/mol. The molecule has 0 radical (unpaired) electrons. The van der Waals surface area contributed by atoms with Crippen LogP contribution in [0.2, 0.25) is 5.28 Å². The van der Waals surface area contributed by atoms with E-state index in [0.717, 1.165) is 0 Å². The van der Waals surface area contributed by atoms with Crippen LogP contribution >= 0.6 is 11.6 Å². The fraction of sp³-hybridized carbons (Fsp3) is 0.625. The lowest BCUT2D eigenvalue weighted by atomic mass is 9.93. The number of rotatable bonds is 0. The largest absolute Gasteiger partial charge is 0.283 e. The van der Waals surface area contributed by atoms with Crippen LogP contribution in [0, 0.1) is 0 Å². The van der Waals surface area contributed by atoms with E-state index in [9.17, 15) is 4.79 Å². The Labute approximate surface area is 81.6 Å². The normalized spacial score (nSPS) is 11.8. The van der Waals surface area contributed by atoms with E-state index in [0.29, 0.717) is 5.69 Å². The summed E-state index contributed by atoms with van der Waals surface area (Å²) in [6.45, 7) is 5.73. The number of nitrogens with zero attached hydrogens (tertiary/aromatic N) is 3. The summed E-state index contributed by atoms with van der Waals surface area (Å²) in [6, 6.07) is 0. The minimum Gasteiger partial charge on any atom is -0.283 e. The SMILES string of the molecule is Cn1c(Cl)nnc(C(C)(C)C)c1=O. The average molecular weight is 202 g/mol. The summed E-state index contributed by atoms with van der Waals surface area (Å²) in [5.41, 5.74) is -0.0567. The monoisotopic (exact) mass is 201 g/mol. The molecular weight excluding hydrogens is 190 g/mol. The van der Waals surface area contributed by atoms with Gasteiger partial charge in [0.25, 0.3) is 5.56 Å². The van der Waals surface area contributed by atoms with Crippen molar-refractivity contribution in [3.05, 3.63) is 21.3 Å². The number of halogens is 1. The molecule has 0 N–H and O–H groups in total. The first-order valence-electron chi connectivity index (χ1n) is 3.93. The maximum Gasteiger partial charge on any atom is 0.276 e. The molecule has 0 unspecified atom stereocenters. The highest BCUT2D eigenvalue weighted by atomic mass is 35.5. The van der Waals surface area contributed by atoms with Gasteiger partial charge in [-0.3, -0.25) is 9.36 Å². The molecule has 72 valence electrons. The molecule has 13 heavy (non-hydrogen) atoms. The van der Waals surface area contributed by atoms with E-state index in [1.54, 1.807) is 7.05 Å². The van der Waals surface area contributed by atoms with Gasteiger partial charge in [-0.25, -0.2) is 0 Å². The Bertz CT molecular complexity index is 378. The Kier molecular flexibility index (Phi) is 2.43. The minimum absolute atomic E-state index is 0.109. The van der Waals surface area contributed by atoms with Gasteiger partial charge in [0.05, 0.1) is 0 Å². The molecule has 5 heteroatoms. The Morgan fingerprint density at radius 3 is 2.31 bits per heavy atom. The third-order valence-electron chi connectivity index (χ3n) is 1.73. The maximum atomic E-state index is 11.6. The van der Waals surface area contributed by atoms with Crippen molar-refractivity contribution in [3.8, 4) is 0 Å². The molecule has 0 saturated heterocycles. The van der Waals surface area contributed by atoms with E-state index < -0.39 is 0 Å². The van der Waals surface area contributed by atoms with Crippen LogP contribution in [0.4, 0.5) is 0 Å². The van der Waals surface area contributed by atoms with Crippen molar-refractivity contribution in [1.29, 1.82) is 0 Å². The fourth-order valence-corrected chi connectivity index (χ4v) is 1.03. The van der Waals surface area contributed by atoms with Crippen LogP contribution in [0.3, 0.4) is 0 Å². The molecule has 1 heterocycles. The van der Waals surface area contributed by atoms with Crippen LogP contribution in [-0.2, 0) is 12.5 Å². The third-order valence-corrected chi connectivity index (χ3v) is 2.06. The minimum atomic E-state index is -0.299. The Morgan fingerprint density at radius 1 is 1.31 bits per heavy atom. The van der Waals surface area contributed by atoms with Gasteiger partial charge in [-0.1, -0.05) is 20.8 Å². The first-order valence-corrected chi connectivity index (χ1v) is 4.31. The lowest BCUT2D eigenvalue weighted by Crippen LogP contribution is -2.32. The van der Waals surface area contributed by atoms with Crippen molar-refractivity contribution in [2.24, 2.45) is 7.05 Å². The lowest BCUT2D eigenvalue weighted by molar-refractivity contribution is 0.533. The first kappa shape index (κ1) is 10.2. The molecule has 0 bridgehead atoms. The number of hydrogen-bond acceptors (Lipinski definition) is 3. The van der Waals surface area contributed by atoms with Gasteiger partial charge in [0.15, 0.2) is 0 Å². The van der Waals surface area contributed by atoms with Crippen molar-refractivity contribution in [2.45, 2.75) is 26.2 Å². The molecular formula is C8H12ClN3O. The summed E-state index contributed by atoms with van der Waals surface area (Å²) in [4.78, 5) is 11.6. The van der Waals surface area contributed by atoms with Crippen LogP contribution in [0.25, 0.3) is 0 Å². The Balaban J connectivity index is 3.44. The van der Waals surface area contributed by atoms with Crippen molar-refractivity contribution >= 4 is 11.6 Å². The molecule has 1 aromatic heterocycles. The van der Waals surface area contributed by atoms with E-state index in [-0.39, 0.29) is 16.3 Å². The maximum absolute atomic E-state index is 11.6. The quantitative estimate of drug-likeness (QED) is 0.632. The van der Waals surface area contributed by atoms with Crippen molar-refractivity contribution in [3.63, 3.8) is 0 Å². The molecule has 0 aromatic carbocycles. The van der Waals surface area contributed by atoms with Gasteiger partial charge in [-0.15, -0.1) is 10.2 Å². The standard InChI is InChI=1S/C8H12ClN3O/c1-8(2,3)5-6(13)12(4)7(9)11-10-5/h1-4H3. The van der Waals surface area contributed by atoms with Crippen LogP contribution in [0.15, 0.2) is 4.79 Å². The summed E-state index contributed by atoms with van der Waals surface area (Å²) in [6.07, 6.45) is 0. The topological polar surface area (TPSA) is 47.8 Å². The summed E-state index contributed by atoms with van der Waals surface area (Å²) in [5.74, 6) is 0. The summed E-state index contributed by atoms with van der Waals surface area (Å²) < 4.78 is 1.29. The number of hydrogen-bond donors (Lipinski definition) is 0. The third kappa shape index (κ3) is 1.88. The van der Waals surface area contributed by atoms with E-state index >= 15 is 0 Å². The van der Waals surface area contributed by atoms with Gasteiger partial charge < -0.3 is 0 Å². The fourth-order valence-electron chi connectivity index (χ4n) is 0.915. The van der Waals surface area contributed by atoms with E-state index in [4.69, 9.17) is 11.6 Å². The van der Waals surface area contributed by atoms with Crippen LogP contribution < -0.4 is 5.56 Å². The molecule has 4 nitrogen and oxygen atoms in total. The molecule has 1 aromatic rings. The van der Waals surface area contributed by atoms with Crippen molar-refractivity contribution < 1.29 is 0 Å². The molecule has 0 amide bonds. The molecule has 0 aliphatic heterocycles. The zero-order valence-corrected chi connectivity index (χ0v) is 8.88. The van der Waals surface area contributed by atoms with Gasteiger partial charge in [0, 0.05) is 12.5 Å².